The summed E-state index contributed by atoms with van der Waals surface area (Å²) in [6, 6.07) is 3.63. The van der Waals surface area contributed by atoms with Crippen LogP contribution in [0.15, 0.2) is 12.1 Å². The lowest BCUT2D eigenvalue weighted by Gasteiger charge is -2.16. The van der Waals surface area contributed by atoms with Gasteiger partial charge in [-0.15, -0.1) is 0 Å². The van der Waals surface area contributed by atoms with Crippen LogP contribution >= 0.6 is 0 Å². The van der Waals surface area contributed by atoms with Gasteiger partial charge in [0, 0.05) is 6.07 Å². The monoisotopic (exact) mass is 278 g/mol. The van der Waals surface area contributed by atoms with Crippen LogP contribution in [0.2, 0.25) is 0 Å². The lowest BCUT2D eigenvalue weighted by atomic mass is 10.0. The molecular weight excluding hydrogens is 268 g/mol. The normalized spacial score (nSPS) is 21.1. The number of aromatic nitrogens is 1. The quantitative estimate of drug-likeness (QED) is 0.595. The fourth-order valence-electron chi connectivity index (χ4n) is 1.89. The van der Waals surface area contributed by atoms with E-state index >= 15 is 0 Å². The van der Waals surface area contributed by atoms with E-state index in [9.17, 15) is 14.9 Å². The SMILES string of the molecule is N#Cc1nc(NC2COCC2C(=O)O)ccc1[N+](=O)[O-]. The van der Waals surface area contributed by atoms with Crippen LogP contribution in [-0.4, -0.2) is 40.2 Å². The molecule has 1 saturated heterocycles. The van der Waals surface area contributed by atoms with Crippen molar-refractivity contribution in [3.05, 3.63) is 27.9 Å². The number of rotatable bonds is 4. The number of anilines is 1. The Bertz CT molecular complexity index is 597. The van der Waals surface area contributed by atoms with Crippen LogP contribution in [0.1, 0.15) is 5.69 Å². The molecule has 20 heavy (non-hydrogen) atoms. The number of nitrogens with zero attached hydrogens (tertiary/aromatic N) is 3. The van der Waals surface area contributed by atoms with Gasteiger partial charge in [0.2, 0.25) is 5.69 Å². The molecule has 0 spiro atoms. The van der Waals surface area contributed by atoms with Crippen molar-refractivity contribution in [3.8, 4) is 6.07 Å². The predicted octanol–water partition coefficient (Wildman–Crippen LogP) is 0.373. The summed E-state index contributed by atoms with van der Waals surface area (Å²) in [6.45, 7) is 0.280. The molecule has 1 aromatic heterocycles. The highest BCUT2D eigenvalue weighted by Crippen LogP contribution is 2.22. The van der Waals surface area contributed by atoms with Crippen LogP contribution in [0.4, 0.5) is 11.5 Å². The second kappa shape index (κ2) is 5.50. The van der Waals surface area contributed by atoms with Gasteiger partial charge in [0.05, 0.1) is 24.2 Å². The van der Waals surface area contributed by atoms with Crippen molar-refractivity contribution >= 4 is 17.5 Å². The first-order valence-electron chi connectivity index (χ1n) is 5.65. The minimum Gasteiger partial charge on any atom is -0.481 e. The number of carbonyl (C=O) groups is 1. The van der Waals surface area contributed by atoms with E-state index in [1.165, 1.54) is 6.07 Å². The maximum Gasteiger partial charge on any atom is 0.311 e. The van der Waals surface area contributed by atoms with Gasteiger partial charge in [-0.2, -0.15) is 5.26 Å². The molecule has 2 N–H and O–H groups in total. The molecule has 2 atom stereocenters. The van der Waals surface area contributed by atoms with Crippen molar-refractivity contribution in [2.24, 2.45) is 5.92 Å². The van der Waals surface area contributed by atoms with Gasteiger partial charge < -0.3 is 15.2 Å². The third-order valence-electron chi connectivity index (χ3n) is 2.91. The van der Waals surface area contributed by atoms with E-state index in [4.69, 9.17) is 15.1 Å². The number of aliphatic carboxylic acids is 1. The van der Waals surface area contributed by atoms with Crippen LogP contribution in [0.25, 0.3) is 0 Å². The second-order valence-electron chi connectivity index (χ2n) is 4.17. The Hall–Kier alpha value is -2.73. The van der Waals surface area contributed by atoms with Crippen LogP contribution in [0.5, 0.6) is 0 Å². The molecule has 2 heterocycles. The van der Waals surface area contributed by atoms with E-state index < -0.39 is 28.5 Å². The molecule has 1 aliphatic rings. The Kier molecular flexibility index (Phi) is 3.76. The number of nitrogens with one attached hydrogen (secondary N) is 1. The van der Waals surface area contributed by atoms with Gasteiger partial charge in [0.1, 0.15) is 17.8 Å². The number of carboxylic acids is 1. The lowest BCUT2D eigenvalue weighted by molar-refractivity contribution is -0.385. The average molecular weight is 278 g/mol. The molecule has 0 aromatic carbocycles. The van der Waals surface area contributed by atoms with Gasteiger partial charge in [0.15, 0.2) is 0 Å². The summed E-state index contributed by atoms with van der Waals surface area (Å²) in [4.78, 5) is 24.8. The molecule has 0 aliphatic carbocycles. The van der Waals surface area contributed by atoms with Crippen LogP contribution in [0.3, 0.4) is 0 Å². The van der Waals surface area contributed by atoms with Crippen molar-refractivity contribution in [2.45, 2.75) is 6.04 Å². The molecule has 9 heteroatoms. The number of ether oxygens (including phenoxy) is 1. The summed E-state index contributed by atoms with van der Waals surface area (Å²) in [5, 5.41) is 31.3. The van der Waals surface area contributed by atoms with Gasteiger partial charge in [-0.1, -0.05) is 0 Å². The maximum absolute atomic E-state index is 11.0. The number of carboxylic acid groups (broad SMARTS) is 1. The van der Waals surface area contributed by atoms with Crippen LogP contribution in [-0.2, 0) is 9.53 Å². The highest BCUT2D eigenvalue weighted by atomic mass is 16.6. The Morgan fingerprint density at radius 2 is 2.35 bits per heavy atom. The number of hydrogen-bond acceptors (Lipinski definition) is 7. The zero-order chi connectivity index (χ0) is 14.7. The van der Waals surface area contributed by atoms with E-state index in [2.05, 4.69) is 10.3 Å². The van der Waals surface area contributed by atoms with E-state index in [1.54, 1.807) is 6.07 Å². The third-order valence-corrected chi connectivity index (χ3v) is 2.91. The average Bonchev–Trinajstić information content (AvgIpc) is 2.86. The molecule has 0 bridgehead atoms. The Morgan fingerprint density at radius 1 is 1.60 bits per heavy atom. The number of hydrogen-bond donors (Lipinski definition) is 2. The fourth-order valence-corrected chi connectivity index (χ4v) is 1.89. The molecule has 0 amide bonds. The minimum absolute atomic E-state index is 0.0884. The third kappa shape index (κ3) is 2.65. The summed E-state index contributed by atoms with van der Waals surface area (Å²) < 4.78 is 5.08. The topological polar surface area (TPSA) is 138 Å². The number of nitriles is 1. The molecule has 2 rings (SSSR count). The van der Waals surface area contributed by atoms with Gasteiger partial charge >= 0.3 is 11.7 Å². The summed E-state index contributed by atoms with van der Waals surface area (Å²) in [5.41, 5.74) is -0.721. The summed E-state index contributed by atoms with van der Waals surface area (Å²) in [6.07, 6.45) is 0. The minimum atomic E-state index is -0.998. The van der Waals surface area contributed by atoms with Crippen molar-refractivity contribution in [1.29, 1.82) is 5.26 Å². The first-order valence-corrected chi connectivity index (χ1v) is 5.65. The standard InChI is InChI=1S/C11H10N4O5/c12-3-7-9(15(18)19)1-2-10(13-7)14-8-5-20-4-6(8)11(16)17/h1-2,6,8H,4-5H2,(H,13,14)(H,16,17). The summed E-state index contributed by atoms with van der Waals surface area (Å²) >= 11 is 0. The van der Waals surface area contributed by atoms with E-state index in [0.29, 0.717) is 0 Å². The van der Waals surface area contributed by atoms with E-state index in [-0.39, 0.29) is 24.7 Å². The second-order valence-corrected chi connectivity index (χ2v) is 4.17. The summed E-state index contributed by atoms with van der Waals surface area (Å²) in [5.74, 6) is -1.52. The Balaban J connectivity index is 2.20. The lowest BCUT2D eigenvalue weighted by Crippen LogP contribution is -2.33. The zero-order valence-electron chi connectivity index (χ0n) is 10.1. The van der Waals surface area contributed by atoms with Crippen LogP contribution in [0, 0.1) is 27.4 Å². The fraction of sp³-hybridized carbons (Fsp3) is 0.364. The molecule has 1 fully saturated rings. The molecule has 1 aliphatic heterocycles. The molecule has 0 radical (unpaired) electrons. The Morgan fingerprint density at radius 3 is 2.95 bits per heavy atom. The highest BCUT2D eigenvalue weighted by molar-refractivity contribution is 5.72. The highest BCUT2D eigenvalue weighted by Gasteiger charge is 2.34. The smallest absolute Gasteiger partial charge is 0.311 e. The molecule has 2 unspecified atom stereocenters. The molecule has 104 valence electrons. The molecular formula is C11H10N4O5. The van der Waals surface area contributed by atoms with Gasteiger partial charge in [-0.05, 0) is 6.07 Å². The summed E-state index contributed by atoms with van der Waals surface area (Å²) in [7, 11) is 0. The first kappa shape index (κ1) is 13.7. The molecule has 1 aromatic rings. The molecule has 0 saturated carbocycles. The number of pyridine rings is 1. The van der Waals surface area contributed by atoms with E-state index in [0.717, 1.165) is 6.07 Å². The van der Waals surface area contributed by atoms with Gasteiger partial charge in [0.25, 0.3) is 0 Å². The van der Waals surface area contributed by atoms with Crippen LogP contribution < -0.4 is 5.32 Å². The predicted molar refractivity (Wildman–Crippen MR) is 65.0 cm³/mol. The zero-order valence-corrected chi connectivity index (χ0v) is 10.1. The Labute approximate surface area is 112 Å². The van der Waals surface area contributed by atoms with Gasteiger partial charge in [-0.3, -0.25) is 14.9 Å². The van der Waals surface area contributed by atoms with Crippen molar-refractivity contribution in [2.75, 3.05) is 18.5 Å². The first-order chi connectivity index (χ1) is 9.52. The van der Waals surface area contributed by atoms with Crippen molar-refractivity contribution < 1.29 is 19.6 Å². The van der Waals surface area contributed by atoms with Crippen molar-refractivity contribution in [3.63, 3.8) is 0 Å². The number of nitro groups is 1. The van der Waals surface area contributed by atoms with Crippen molar-refractivity contribution in [1.82, 2.24) is 4.98 Å². The maximum atomic E-state index is 11.0. The van der Waals surface area contributed by atoms with E-state index in [1.807, 2.05) is 0 Å². The largest absolute Gasteiger partial charge is 0.481 e. The molecule has 9 nitrogen and oxygen atoms in total. The van der Waals surface area contributed by atoms with Gasteiger partial charge in [-0.25, -0.2) is 4.98 Å².